The summed E-state index contributed by atoms with van der Waals surface area (Å²) in [5, 5.41) is 0. The minimum absolute atomic E-state index is 0. The Morgan fingerprint density at radius 2 is 1.83 bits per heavy atom. The van der Waals surface area contributed by atoms with Crippen LogP contribution in [0.5, 0.6) is 0 Å². The summed E-state index contributed by atoms with van der Waals surface area (Å²) >= 11 is 0. The smallest absolute Gasteiger partial charge is 0.254 e. The SMILES string of the molecule is CN(C)CCN(Cc1ccccc1)C(=O)c1ccnc(CN)c1.Cl. The molecule has 0 atom stereocenters. The second kappa shape index (κ2) is 10.0. The molecule has 0 fully saturated rings. The zero-order valence-electron chi connectivity index (χ0n) is 14.2. The van der Waals surface area contributed by atoms with E-state index in [2.05, 4.69) is 9.88 Å². The highest BCUT2D eigenvalue weighted by Crippen LogP contribution is 2.11. The lowest BCUT2D eigenvalue weighted by atomic mass is 10.1. The summed E-state index contributed by atoms with van der Waals surface area (Å²) in [5.74, 6) is 0.00723. The van der Waals surface area contributed by atoms with Crippen molar-refractivity contribution in [2.75, 3.05) is 27.2 Å². The van der Waals surface area contributed by atoms with Crippen LogP contribution in [0.25, 0.3) is 0 Å². The minimum atomic E-state index is 0. The topological polar surface area (TPSA) is 62.5 Å². The highest BCUT2D eigenvalue weighted by molar-refractivity contribution is 5.94. The van der Waals surface area contributed by atoms with Gasteiger partial charge in [0.05, 0.1) is 5.69 Å². The van der Waals surface area contributed by atoms with Crippen molar-refractivity contribution >= 4 is 18.3 Å². The van der Waals surface area contributed by atoms with E-state index in [9.17, 15) is 4.79 Å². The van der Waals surface area contributed by atoms with Crippen molar-refractivity contribution in [1.82, 2.24) is 14.8 Å². The Balaban J connectivity index is 0.00000288. The van der Waals surface area contributed by atoms with Gasteiger partial charge in [-0.2, -0.15) is 0 Å². The quantitative estimate of drug-likeness (QED) is 0.833. The monoisotopic (exact) mass is 348 g/mol. The lowest BCUT2D eigenvalue weighted by molar-refractivity contribution is 0.0731. The van der Waals surface area contributed by atoms with Gasteiger partial charge in [0.2, 0.25) is 0 Å². The number of benzene rings is 1. The third kappa shape index (κ3) is 5.92. The number of halogens is 1. The predicted molar refractivity (Wildman–Crippen MR) is 99.1 cm³/mol. The summed E-state index contributed by atoms with van der Waals surface area (Å²) < 4.78 is 0. The third-order valence-electron chi connectivity index (χ3n) is 3.59. The molecule has 24 heavy (non-hydrogen) atoms. The molecular weight excluding hydrogens is 324 g/mol. The maximum atomic E-state index is 12.9. The Hall–Kier alpha value is -1.95. The van der Waals surface area contributed by atoms with Crippen LogP contribution in [-0.2, 0) is 13.1 Å². The third-order valence-corrected chi connectivity index (χ3v) is 3.59. The fraction of sp³-hybridized carbons (Fsp3) is 0.333. The molecule has 130 valence electrons. The number of aromatic nitrogens is 1. The van der Waals surface area contributed by atoms with E-state index in [1.165, 1.54) is 0 Å². The lowest BCUT2D eigenvalue weighted by Gasteiger charge is -2.25. The molecule has 0 spiro atoms. The molecule has 1 heterocycles. The number of pyridine rings is 1. The maximum Gasteiger partial charge on any atom is 0.254 e. The van der Waals surface area contributed by atoms with Crippen molar-refractivity contribution < 1.29 is 4.79 Å². The second-order valence-electron chi connectivity index (χ2n) is 5.76. The van der Waals surface area contributed by atoms with Crippen molar-refractivity contribution in [3.63, 3.8) is 0 Å². The Bertz CT molecular complexity index is 634. The Labute approximate surface area is 149 Å². The van der Waals surface area contributed by atoms with Gasteiger partial charge in [-0.15, -0.1) is 12.4 Å². The number of rotatable bonds is 7. The number of likely N-dealkylation sites (N-methyl/N-ethyl adjacent to an activating group) is 1. The normalized spacial score (nSPS) is 10.3. The fourth-order valence-corrected chi connectivity index (χ4v) is 2.28. The largest absolute Gasteiger partial charge is 0.333 e. The van der Waals surface area contributed by atoms with Crippen LogP contribution in [0.15, 0.2) is 48.7 Å². The zero-order valence-corrected chi connectivity index (χ0v) is 15.0. The molecule has 1 aromatic carbocycles. The number of carbonyl (C=O) groups excluding carboxylic acids is 1. The molecule has 5 nitrogen and oxygen atoms in total. The average Bonchev–Trinajstić information content (AvgIpc) is 2.58. The molecule has 2 N–H and O–H groups in total. The molecule has 0 saturated carbocycles. The molecule has 1 aromatic heterocycles. The molecule has 6 heteroatoms. The Kier molecular flexibility index (Phi) is 8.40. The van der Waals surface area contributed by atoms with Crippen LogP contribution in [-0.4, -0.2) is 47.9 Å². The first-order chi connectivity index (χ1) is 11.1. The lowest BCUT2D eigenvalue weighted by Crippen LogP contribution is -2.36. The number of amides is 1. The van der Waals surface area contributed by atoms with E-state index in [1.807, 2.05) is 49.3 Å². The fourth-order valence-electron chi connectivity index (χ4n) is 2.28. The van der Waals surface area contributed by atoms with Gasteiger partial charge in [-0.25, -0.2) is 0 Å². The molecule has 0 aliphatic heterocycles. The van der Waals surface area contributed by atoms with Crippen LogP contribution in [0.3, 0.4) is 0 Å². The molecule has 0 unspecified atom stereocenters. The van der Waals surface area contributed by atoms with E-state index < -0.39 is 0 Å². The van der Waals surface area contributed by atoms with Gasteiger partial charge in [0, 0.05) is 37.9 Å². The number of carbonyl (C=O) groups is 1. The van der Waals surface area contributed by atoms with E-state index in [4.69, 9.17) is 5.73 Å². The second-order valence-corrected chi connectivity index (χ2v) is 5.76. The first-order valence-corrected chi connectivity index (χ1v) is 7.73. The Morgan fingerprint density at radius 1 is 1.12 bits per heavy atom. The molecule has 2 aromatic rings. The molecule has 0 saturated heterocycles. The minimum Gasteiger partial charge on any atom is -0.333 e. The van der Waals surface area contributed by atoms with E-state index in [0.29, 0.717) is 25.2 Å². The highest BCUT2D eigenvalue weighted by atomic mass is 35.5. The van der Waals surface area contributed by atoms with Crippen LogP contribution < -0.4 is 5.73 Å². The molecule has 0 bridgehead atoms. The van der Waals surface area contributed by atoms with Crippen LogP contribution >= 0.6 is 12.4 Å². The summed E-state index contributed by atoms with van der Waals surface area (Å²) in [4.78, 5) is 21.0. The van der Waals surface area contributed by atoms with Gasteiger partial charge in [-0.05, 0) is 31.8 Å². The first kappa shape index (κ1) is 20.1. The van der Waals surface area contributed by atoms with Crippen LogP contribution in [0.4, 0.5) is 0 Å². The molecule has 0 aliphatic carbocycles. The summed E-state index contributed by atoms with van der Waals surface area (Å²) in [6, 6.07) is 13.5. The molecular formula is C18H25ClN4O. The van der Waals surface area contributed by atoms with Gasteiger partial charge < -0.3 is 15.5 Å². The Morgan fingerprint density at radius 3 is 2.46 bits per heavy atom. The van der Waals surface area contributed by atoms with E-state index in [0.717, 1.165) is 17.8 Å². The number of hydrogen-bond donors (Lipinski definition) is 1. The van der Waals surface area contributed by atoms with Gasteiger partial charge in [0.15, 0.2) is 0 Å². The van der Waals surface area contributed by atoms with Gasteiger partial charge in [0.25, 0.3) is 5.91 Å². The van der Waals surface area contributed by atoms with Gasteiger partial charge >= 0.3 is 0 Å². The standard InChI is InChI=1S/C18H24N4O.ClH/c1-21(2)10-11-22(14-15-6-4-3-5-7-15)18(23)16-8-9-20-17(12-16)13-19;/h3-9,12H,10-11,13-14,19H2,1-2H3;1H. The van der Waals surface area contributed by atoms with Gasteiger partial charge in [0.1, 0.15) is 0 Å². The highest BCUT2D eigenvalue weighted by Gasteiger charge is 2.16. The summed E-state index contributed by atoms with van der Waals surface area (Å²) in [6.07, 6.45) is 1.64. The van der Waals surface area contributed by atoms with Crippen molar-refractivity contribution in [3.05, 3.63) is 65.5 Å². The summed E-state index contributed by atoms with van der Waals surface area (Å²) in [6.45, 7) is 2.40. The predicted octanol–water partition coefficient (Wildman–Crippen LogP) is 2.17. The van der Waals surface area contributed by atoms with E-state index >= 15 is 0 Å². The number of hydrogen-bond acceptors (Lipinski definition) is 4. The summed E-state index contributed by atoms with van der Waals surface area (Å²) in [7, 11) is 4.01. The molecule has 0 radical (unpaired) electrons. The zero-order chi connectivity index (χ0) is 16.7. The summed E-state index contributed by atoms with van der Waals surface area (Å²) in [5.41, 5.74) is 8.10. The van der Waals surface area contributed by atoms with Crippen LogP contribution in [0.2, 0.25) is 0 Å². The van der Waals surface area contributed by atoms with Crippen molar-refractivity contribution in [2.24, 2.45) is 5.73 Å². The van der Waals surface area contributed by atoms with Crippen LogP contribution in [0.1, 0.15) is 21.6 Å². The first-order valence-electron chi connectivity index (χ1n) is 7.73. The van der Waals surface area contributed by atoms with Crippen molar-refractivity contribution in [2.45, 2.75) is 13.1 Å². The molecule has 2 rings (SSSR count). The van der Waals surface area contributed by atoms with Crippen molar-refractivity contribution in [3.8, 4) is 0 Å². The number of nitrogens with zero attached hydrogens (tertiary/aromatic N) is 3. The van der Waals surface area contributed by atoms with E-state index in [1.54, 1.807) is 18.3 Å². The van der Waals surface area contributed by atoms with E-state index in [-0.39, 0.29) is 18.3 Å². The van der Waals surface area contributed by atoms with Gasteiger partial charge in [-0.1, -0.05) is 30.3 Å². The van der Waals surface area contributed by atoms with Crippen molar-refractivity contribution in [1.29, 1.82) is 0 Å². The van der Waals surface area contributed by atoms with Crippen LogP contribution in [0, 0.1) is 0 Å². The molecule has 0 aliphatic rings. The number of nitrogens with two attached hydrogens (primary N) is 1. The molecule has 1 amide bonds. The maximum absolute atomic E-state index is 12.9. The van der Waals surface area contributed by atoms with Gasteiger partial charge in [-0.3, -0.25) is 9.78 Å². The average molecular weight is 349 g/mol.